The van der Waals surface area contributed by atoms with Crippen LogP contribution in [0.1, 0.15) is 30.6 Å². The standard InChI is InChI=1S/C14H20N4O/c1-4-8-15-13(12-7-10-17-18(12)2)11-6-5-9-16-14(11)19-3/h5-7,9-10,13,15H,4,8H2,1-3H3. The summed E-state index contributed by atoms with van der Waals surface area (Å²) in [6.07, 6.45) is 4.61. The van der Waals surface area contributed by atoms with Gasteiger partial charge in [-0.25, -0.2) is 4.98 Å². The van der Waals surface area contributed by atoms with Crippen LogP contribution in [0.5, 0.6) is 5.88 Å². The van der Waals surface area contributed by atoms with Crippen LogP contribution in [0.25, 0.3) is 0 Å². The highest BCUT2D eigenvalue weighted by Gasteiger charge is 2.20. The highest BCUT2D eigenvalue weighted by Crippen LogP contribution is 2.27. The van der Waals surface area contributed by atoms with E-state index in [4.69, 9.17) is 4.74 Å². The van der Waals surface area contributed by atoms with Crippen molar-refractivity contribution in [3.05, 3.63) is 41.9 Å². The molecule has 2 heterocycles. The zero-order valence-electron chi connectivity index (χ0n) is 11.6. The van der Waals surface area contributed by atoms with Gasteiger partial charge in [0, 0.05) is 25.0 Å². The van der Waals surface area contributed by atoms with Gasteiger partial charge in [0.05, 0.1) is 18.8 Å². The molecule has 19 heavy (non-hydrogen) atoms. The third-order valence-corrected chi connectivity index (χ3v) is 3.06. The average Bonchev–Trinajstić information content (AvgIpc) is 2.86. The van der Waals surface area contributed by atoms with E-state index in [9.17, 15) is 0 Å². The van der Waals surface area contributed by atoms with Gasteiger partial charge in [-0.2, -0.15) is 5.10 Å². The number of pyridine rings is 1. The summed E-state index contributed by atoms with van der Waals surface area (Å²) in [6.45, 7) is 3.07. The molecule has 102 valence electrons. The van der Waals surface area contributed by atoms with E-state index in [2.05, 4.69) is 22.3 Å². The Labute approximate surface area is 113 Å². The van der Waals surface area contributed by atoms with Crippen molar-refractivity contribution in [2.24, 2.45) is 7.05 Å². The molecule has 0 aromatic carbocycles. The molecule has 5 nitrogen and oxygen atoms in total. The second-order valence-corrected chi connectivity index (χ2v) is 4.37. The smallest absolute Gasteiger partial charge is 0.218 e. The summed E-state index contributed by atoms with van der Waals surface area (Å²) < 4.78 is 7.24. The normalized spacial score (nSPS) is 12.4. The van der Waals surface area contributed by atoms with Crippen molar-refractivity contribution in [3.8, 4) is 5.88 Å². The minimum atomic E-state index is 0.0381. The number of ether oxygens (including phenoxy) is 1. The summed E-state index contributed by atoms with van der Waals surface area (Å²) in [6, 6.07) is 6.01. The highest BCUT2D eigenvalue weighted by atomic mass is 16.5. The van der Waals surface area contributed by atoms with Gasteiger partial charge in [-0.1, -0.05) is 13.0 Å². The number of hydrogen-bond acceptors (Lipinski definition) is 4. The Morgan fingerprint density at radius 3 is 2.84 bits per heavy atom. The molecule has 1 N–H and O–H groups in total. The molecule has 0 amide bonds. The first-order valence-electron chi connectivity index (χ1n) is 6.48. The van der Waals surface area contributed by atoms with Gasteiger partial charge in [0.15, 0.2) is 0 Å². The summed E-state index contributed by atoms with van der Waals surface area (Å²) in [4.78, 5) is 4.27. The van der Waals surface area contributed by atoms with Crippen molar-refractivity contribution < 1.29 is 4.74 Å². The van der Waals surface area contributed by atoms with E-state index in [0.717, 1.165) is 24.2 Å². The molecule has 0 aliphatic heterocycles. The molecule has 0 radical (unpaired) electrons. The molecule has 0 saturated carbocycles. The van der Waals surface area contributed by atoms with Crippen molar-refractivity contribution in [3.63, 3.8) is 0 Å². The maximum absolute atomic E-state index is 5.36. The number of aromatic nitrogens is 3. The van der Waals surface area contributed by atoms with Gasteiger partial charge in [0.1, 0.15) is 0 Å². The first-order valence-corrected chi connectivity index (χ1v) is 6.48. The molecule has 5 heteroatoms. The van der Waals surface area contributed by atoms with Gasteiger partial charge in [-0.3, -0.25) is 4.68 Å². The molecule has 0 saturated heterocycles. The molecule has 0 aliphatic rings. The SMILES string of the molecule is CCCNC(c1cccnc1OC)c1ccnn1C. The van der Waals surface area contributed by atoms with E-state index in [1.54, 1.807) is 19.5 Å². The average molecular weight is 260 g/mol. The molecule has 0 aliphatic carbocycles. The van der Waals surface area contributed by atoms with E-state index in [0.29, 0.717) is 5.88 Å². The Kier molecular flexibility index (Phi) is 4.52. The minimum Gasteiger partial charge on any atom is -0.481 e. The maximum Gasteiger partial charge on any atom is 0.218 e. The summed E-state index contributed by atoms with van der Waals surface area (Å²) >= 11 is 0. The summed E-state index contributed by atoms with van der Waals surface area (Å²) in [7, 11) is 3.59. The van der Waals surface area contributed by atoms with Gasteiger partial charge in [-0.05, 0) is 25.1 Å². The lowest BCUT2D eigenvalue weighted by Crippen LogP contribution is -2.26. The van der Waals surface area contributed by atoms with Crippen LogP contribution in [0.3, 0.4) is 0 Å². The first-order chi connectivity index (χ1) is 9.27. The molecular weight excluding hydrogens is 240 g/mol. The fourth-order valence-electron chi connectivity index (χ4n) is 2.12. The van der Waals surface area contributed by atoms with E-state index >= 15 is 0 Å². The molecule has 2 aromatic rings. The molecular formula is C14H20N4O. The lowest BCUT2D eigenvalue weighted by molar-refractivity contribution is 0.385. The van der Waals surface area contributed by atoms with Gasteiger partial charge >= 0.3 is 0 Å². The number of aryl methyl sites for hydroxylation is 1. The topological polar surface area (TPSA) is 52.0 Å². The number of rotatable bonds is 6. The number of hydrogen-bond donors (Lipinski definition) is 1. The van der Waals surface area contributed by atoms with Crippen LogP contribution >= 0.6 is 0 Å². The van der Waals surface area contributed by atoms with Crippen LogP contribution in [0.15, 0.2) is 30.6 Å². The van der Waals surface area contributed by atoms with Crippen molar-refractivity contribution >= 4 is 0 Å². The molecule has 2 aromatic heterocycles. The summed E-state index contributed by atoms with van der Waals surface area (Å²) in [5.41, 5.74) is 2.13. The van der Waals surface area contributed by atoms with Gasteiger partial charge in [0.2, 0.25) is 5.88 Å². The molecule has 0 spiro atoms. The van der Waals surface area contributed by atoms with E-state index in [-0.39, 0.29) is 6.04 Å². The lowest BCUT2D eigenvalue weighted by Gasteiger charge is -2.20. The Balaban J connectivity index is 2.40. The fraction of sp³-hybridized carbons (Fsp3) is 0.429. The molecule has 1 atom stereocenters. The predicted molar refractivity (Wildman–Crippen MR) is 74.1 cm³/mol. The second-order valence-electron chi connectivity index (χ2n) is 4.37. The largest absolute Gasteiger partial charge is 0.481 e. The molecule has 2 rings (SSSR count). The van der Waals surface area contributed by atoms with Gasteiger partial charge in [0.25, 0.3) is 0 Å². The van der Waals surface area contributed by atoms with Crippen molar-refractivity contribution in [1.82, 2.24) is 20.1 Å². The van der Waals surface area contributed by atoms with Crippen LogP contribution in [0.2, 0.25) is 0 Å². The molecule has 0 fully saturated rings. The van der Waals surface area contributed by atoms with E-state index in [1.807, 2.05) is 29.9 Å². The number of nitrogens with zero attached hydrogens (tertiary/aromatic N) is 3. The van der Waals surface area contributed by atoms with Crippen LogP contribution in [0, 0.1) is 0 Å². The quantitative estimate of drug-likeness (QED) is 0.862. The van der Waals surface area contributed by atoms with Gasteiger partial charge in [-0.15, -0.1) is 0 Å². The highest BCUT2D eigenvalue weighted by molar-refractivity contribution is 5.34. The zero-order valence-corrected chi connectivity index (χ0v) is 11.6. The van der Waals surface area contributed by atoms with E-state index in [1.165, 1.54) is 0 Å². The van der Waals surface area contributed by atoms with Crippen LogP contribution in [0.4, 0.5) is 0 Å². The predicted octanol–water partition coefficient (Wildman–Crippen LogP) is 1.91. The Morgan fingerprint density at radius 1 is 1.37 bits per heavy atom. The third-order valence-electron chi connectivity index (χ3n) is 3.06. The van der Waals surface area contributed by atoms with Crippen molar-refractivity contribution in [2.75, 3.05) is 13.7 Å². The monoisotopic (exact) mass is 260 g/mol. The van der Waals surface area contributed by atoms with E-state index < -0.39 is 0 Å². The zero-order chi connectivity index (χ0) is 13.7. The maximum atomic E-state index is 5.36. The van der Waals surface area contributed by atoms with Gasteiger partial charge < -0.3 is 10.1 Å². The van der Waals surface area contributed by atoms with Crippen molar-refractivity contribution in [1.29, 1.82) is 0 Å². The number of nitrogens with one attached hydrogen (secondary N) is 1. The Morgan fingerprint density at radius 2 is 2.21 bits per heavy atom. The lowest BCUT2D eigenvalue weighted by atomic mass is 10.0. The fourth-order valence-corrected chi connectivity index (χ4v) is 2.12. The molecule has 0 bridgehead atoms. The van der Waals surface area contributed by atoms with Crippen LogP contribution < -0.4 is 10.1 Å². The van der Waals surface area contributed by atoms with Crippen LogP contribution in [-0.2, 0) is 7.05 Å². The second kappa shape index (κ2) is 6.33. The Hall–Kier alpha value is -1.88. The summed E-state index contributed by atoms with van der Waals surface area (Å²) in [5.74, 6) is 0.650. The van der Waals surface area contributed by atoms with Crippen LogP contribution in [-0.4, -0.2) is 28.4 Å². The Bertz CT molecular complexity index is 524. The number of methoxy groups -OCH3 is 1. The summed E-state index contributed by atoms with van der Waals surface area (Å²) in [5, 5.41) is 7.76. The first kappa shape index (κ1) is 13.5. The van der Waals surface area contributed by atoms with Crippen molar-refractivity contribution in [2.45, 2.75) is 19.4 Å². The third kappa shape index (κ3) is 2.93. The minimum absolute atomic E-state index is 0.0381. The molecule has 1 unspecified atom stereocenters.